The first-order valence-electron chi connectivity index (χ1n) is 9.15. The summed E-state index contributed by atoms with van der Waals surface area (Å²) in [4.78, 5) is 32.8. The highest BCUT2D eigenvalue weighted by atomic mass is 16.6. The van der Waals surface area contributed by atoms with Crippen molar-refractivity contribution in [3.8, 4) is 11.3 Å². The molecule has 4 rings (SSSR count). The maximum absolute atomic E-state index is 13.8. The number of rotatable bonds is 6. The summed E-state index contributed by atoms with van der Waals surface area (Å²) >= 11 is 0. The number of allylic oxidation sites excluding steroid dienone is 1. The van der Waals surface area contributed by atoms with Gasteiger partial charge in [0.15, 0.2) is 11.2 Å². The van der Waals surface area contributed by atoms with E-state index in [2.05, 4.69) is 11.6 Å². The van der Waals surface area contributed by atoms with Gasteiger partial charge in [-0.3, -0.25) is 4.79 Å². The molecular formula is C21H21N3O5. The number of nitrogens with two attached hydrogens (primary N) is 1. The number of nitrogen functional groups attached to an aromatic ring is 1. The molecule has 0 saturated heterocycles. The van der Waals surface area contributed by atoms with E-state index >= 15 is 0 Å². The summed E-state index contributed by atoms with van der Waals surface area (Å²) < 4.78 is 16.0. The number of esters is 1. The van der Waals surface area contributed by atoms with Crippen LogP contribution in [-0.4, -0.2) is 48.6 Å². The fourth-order valence-corrected chi connectivity index (χ4v) is 4.19. The van der Waals surface area contributed by atoms with E-state index in [9.17, 15) is 9.59 Å². The fraction of sp³-hybridized carbons (Fsp3) is 0.286. The van der Waals surface area contributed by atoms with Crippen LogP contribution in [0.25, 0.3) is 11.3 Å². The molecule has 1 aromatic heterocycles. The number of methoxy groups -OCH3 is 1. The van der Waals surface area contributed by atoms with Gasteiger partial charge in [0.25, 0.3) is 6.01 Å². The van der Waals surface area contributed by atoms with E-state index in [1.54, 1.807) is 19.1 Å². The molecule has 1 spiro atoms. The van der Waals surface area contributed by atoms with Gasteiger partial charge < -0.3 is 24.5 Å². The largest absolute Gasteiger partial charge is 0.460 e. The van der Waals surface area contributed by atoms with Crippen LogP contribution in [0.4, 0.5) is 6.01 Å². The van der Waals surface area contributed by atoms with Crippen LogP contribution in [0.1, 0.15) is 18.2 Å². The Kier molecular flexibility index (Phi) is 4.50. The molecule has 150 valence electrons. The standard InChI is InChI=1S/C21H21N3O5/c1-4-9-24-12(2)15(18(25)28-11-10-27-3)21(19(24)26)14-8-6-5-7-13(14)16-17(21)23-20(22)29-16/h4-8H,1,9-11H2,2-3H3,(H2,22,23). The SMILES string of the molecule is C=CCN1C(=O)C2(C(C(=O)OCCOC)=C1C)c1ccccc1-c1oc(N)nc12. The van der Waals surface area contributed by atoms with Gasteiger partial charge in [-0.1, -0.05) is 30.3 Å². The molecule has 1 atom stereocenters. The Labute approximate surface area is 167 Å². The first kappa shape index (κ1) is 18.9. The fourth-order valence-electron chi connectivity index (χ4n) is 4.19. The third-order valence-corrected chi connectivity index (χ3v) is 5.32. The molecule has 1 amide bonds. The van der Waals surface area contributed by atoms with Gasteiger partial charge in [0.2, 0.25) is 5.91 Å². The van der Waals surface area contributed by atoms with Crippen molar-refractivity contribution in [1.82, 2.24) is 9.88 Å². The summed E-state index contributed by atoms with van der Waals surface area (Å²) in [6, 6.07) is 7.19. The predicted octanol–water partition coefficient (Wildman–Crippen LogP) is 2.02. The Bertz CT molecular complexity index is 1050. The van der Waals surface area contributed by atoms with Crippen LogP contribution in [0, 0.1) is 0 Å². The molecule has 0 fully saturated rings. The van der Waals surface area contributed by atoms with Gasteiger partial charge in [0.05, 0.1) is 12.2 Å². The minimum absolute atomic E-state index is 0.0628. The van der Waals surface area contributed by atoms with E-state index in [-0.39, 0.29) is 37.3 Å². The second-order valence-corrected chi connectivity index (χ2v) is 6.82. The highest BCUT2D eigenvalue weighted by Gasteiger charge is 2.63. The van der Waals surface area contributed by atoms with Crippen LogP contribution in [0.2, 0.25) is 0 Å². The lowest BCUT2D eigenvalue weighted by Gasteiger charge is -2.26. The molecule has 8 heteroatoms. The summed E-state index contributed by atoms with van der Waals surface area (Å²) in [5.41, 5.74) is 6.66. The first-order valence-corrected chi connectivity index (χ1v) is 9.15. The maximum atomic E-state index is 13.8. The van der Waals surface area contributed by atoms with Gasteiger partial charge in [-0.25, -0.2) is 4.79 Å². The second-order valence-electron chi connectivity index (χ2n) is 6.82. The van der Waals surface area contributed by atoms with Crippen LogP contribution in [0.5, 0.6) is 0 Å². The molecule has 29 heavy (non-hydrogen) atoms. The number of hydrogen-bond acceptors (Lipinski definition) is 7. The van der Waals surface area contributed by atoms with E-state index in [0.29, 0.717) is 28.3 Å². The number of nitrogens with zero attached hydrogens (tertiary/aromatic N) is 2. The Morgan fingerprint density at radius 1 is 1.38 bits per heavy atom. The monoisotopic (exact) mass is 395 g/mol. The van der Waals surface area contributed by atoms with Gasteiger partial charge in [-0.2, -0.15) is 4.98 Å². The number of amides is 1. The van der Waals surface area contributed by atoms with E-state index in [0.717, 1.165) is 0 Å². The first-order chi connectivity index (χ1) is 14.0. The zero-order chi connectivity index (χ0) is 20.8. The second kappa shape index (κ2) is 6.89. The highest BCUT2D eigenvalue weighted by Crippen LogP contribution is 2.57. The van der Waals surface area contributed by atoms with Gasteiger partial charge >= 0.3 is 5.97 Å². The molecule has 2 aromatic rings. The highest BCUT2D eigenvalue weighted by molar-refractivity contribution is 6.14. The van der Waals surface area contributed by atoms with Gasteiger partial charge in [-0.05, 0) is 12.5 Å². The Morgan fingerprint density at radius 3 is 2.86 bits per heavy atom. The Hall–Kier alpha value is -3.39. The zero-order valence-corrected chi connectivity index (χ0v) is 16.2. The molecular weight excluding hydrogens is 374 g/mol. The average molecular weight is 395 g/mol. The van der Waals surface area contributed by atoms with Crippen molar-refractivity contribution in [2.24, 2.45) is 0 Å². The van der Waals surface area contributed by atoms with E-state index in [1.807, 2.05) is 18.2 Å². The minimum Gasteiger partial charge on any atom is -0.460 e. The number of anilines is 1. The van der Waals surface area contributed by atoms with Gasteiger partial charge in [-0.15, -0.1) is 6.58 Å². The number of hydrogen-bond donors (Lipinski definition) is 1. The van der Waals surface area contributed by atoms with E-state index in [4.69, 9.17) is 19.6 Å². The summed E-state index contributed by atoms with van der Waals surface area (Å²) in [6.07, 6.45) is 1.60. The Balaban J connectivity index is 1.98. The smallest absolute Gasteiger partial charge is 0.337 e. The molecule has 1 aliphatic carbocycles. The summed E-state index contributed by atoms with van der Waals surface area (Å²) in [5, 5.41) is 0. The van der Waals surface area contributed by atoms with Crippen LogP contribution >= 0.6 is 0 Å². The number of carbonyl (C=O) groups is 2. The van der Waals surface area contributed by atoms with E-state index < -0.39 is 11.4 Å². The molecule has 8 nitrogen and oxygen atoms in total. The lowest BCUT2D eigenvalue weighted by Crippen LogP contribution is -2.42. The van der Waals surface area contributed by atoms with Crippen LogP contribution in [0.3, 0.4) is 0 Å². The third kappa shape index (κ3) is 2.45. The molecule has 1 unspecified atom stereocenters. The average Bonchev–Trinajstić information content (AvgIpc) is 3.28. The number of oxazole rings is 1. The van der Waals surface area contributed by atoms with Crippen LogP contribution in [-0.2, 0) is 24.5 Å². The van der Waals surface area contributed by atoms with Gasteiger partial charge in [0.1, 0.15) is 12.3 Å². The summed E-state index contributed by atoms with van der Waals surface area (Å²) in [7, 11) is 1.52. The number of aromatic nitrogens is 1. The Morgan fingerprint density at radius 2 is 2.14 bits per heavy atom. The lowest BCUT2D eigenvalue weighted by atomic mass is 9.74. The third-order valence-electron chi connectivity index (χ3n) is 5.32. The topological polar surface area (TPSA) is 108 Å². The predicted molar refractivity (Wildman–Crippen MR) is 105 cm³/mol. The molecule has 2 aliphatic rings. The molecule has 0 saturated carbocycles. The zero-order valence-electron chi connectivity index (χ0n) is 16.2. The molecule has 2 heterocycles. The number of carbonyl (C=O) groups excluding carboxylic acids is 2. The lowest BCUT2D eigenvalue weighted by molar-refractivity contribution is -0.142. The van der Waals surface area contributed by atoms with Crippen molar-refractivity contribution < 1.29 is 23.5 Å². The molecule has 1 aromatic carbocycles. The summed E-state index contributed by atoms with van der Waals surface area (Å²) in [5.74, 6) is -0.529. The van der Waals surface area contributed by atoms with Crippen molar-refractivity contribution in [2.45, 2.75) is 12.3 Å². The molecule has 0 radical (unpaired) electrons. The quantitative estimate of drug-likeness (QED) is 0.453. The van der Waals surface area contributed by atoms with Crippen LogP contribution in [0.15, 0.2) is 52.6 Å². The normalized spacial score (nSPS) is 19.7. The number of fused-ring (bicyclic) bond motifs is 5. The van der Waals surface area contributed by atoms with Crippen molar-refractivity contribution in [1.29, 1.82) is 0 Å². The number of ether oxygens (including phenoxy) is 2. The van der Waals surface area contributed by atoms with Crippen molar-refractivity contribution in [3.05, 3.63) is 59.4 Å². The van der Waals surface area contributed by atoms with Gasteiger partial charge in [0, 0.05) is 24.9 Å². The molecule has 1 aliphatic heterocycles. The van der Waals surface area contributed by atoms with Crippen molar-refractivity contribution in [2.75, 3.05) is 32.6 Å². The molecule has 0 bridgehead atoms. The minimum atomic E-state index is -1.47. The number of benzene rings is 1. The maximum Gasteiger partial charge on any atom is 0.337 e. The summed E-state index contributed by atoms with van der Waals surface area (Å²) in [6.45, 7) is 5.99. The van der Waals surface area contributed by atoms with E-state index in [1.165, 1.54) is 12.0 Å². The van der Waals surface area contributed by atoms with Crippen LogP contribution < -0.4 is 5.73 Å². The van der Waals surface area contributed by atoms with Crippen molar-refractivity contribution in [3.63, 3.8) is 0 Å². The van der Waals surface area contributed by atoms with Crippen molar-refractivity contribution >= 4 is 17.9 Å². The molecule has 2 N–H and O–H groups in total.